The minimum absolute atomic E-state index is 0.207. The number of nitrogens with zero attached hydrogens (tertiary/aromatic N) is 4. The molecule has 7 heteroatoms. The fourth-order valence-corrected chi connectivity index (χ4v) is 3.16. The molecule has 0 atom stereocenters. The second-order valence-corrected chi connectivity index (χ2v) is 5.54. The summed E-state index contributed by atoms with van der Waals surface area (Å²) in [6.45, 7) is 3.61. The van der Waals surface area contributed by atoms with Crippen molar-refractivity contribution in [2.24, 2.45) is 0 Å². The van der Waals surface area contributed by atoms with Gasteiger partial charge in [0.25, 0.3) is 0 Å². The molecule has 0 aliphatic heterocycles. The topological polar surface area (TPSA) is 80.4 Å². The van der Waals surface area contributed by atoms with Crippen LogP contribution in [-0.2, 0) is 0 Å². The van der Waals surface area contributed by atoms with E-state index >= 15 is 0 Å². The van der Waals surface area contributed by atoms with Crippen LogP contribution in [0.5, 0.6) is 0 Å². The van der Waals surface area contributed by atoms with Crippen LogP contribution in [0.15, 0.2) is 40.6 Å². The first-order valence-corrected chi connectivity index (χ1v) is 7.07. The van der Waals surface area contributed by atoms with Crippen LogP contribution in [0.25, 0.3) is 5.65 Å². The summed E-state index contributed by atoms with van der Waals surface area (Å²) in [5, 5.41) is 18.5. The van der Waals surface area contributed by atoms with Gasteiger partial charge in [-0.2, -0.15) is 0 Å². The molecule has 0 radical (unpaired) electrons. The highest BCUT2D eigenvalue weighted by Gasteiger charge is 2.18. The van der Waals surface area contributed by atoms with Crippen molar-refractivity contribution in [2.45, 2.75) is 24.0 Å². The van der Waals surface area contributed by atoms with E-state index in [0.717, 1.165) is 5.69 Å². The molecule has 3 aromatic rings. The molecule has 0 fully saturated rings. The van der Waals surface area contributed by atoms with Crippen LogP contribution in [0.1, 0.15) is 21.6 Å². The Morgan fingerprint density at radius 2 is 2.10 bits per heavy atom. The molecule has 0 spiro atoms. The molecular weight excluding hydrogens is 288 g/mol. The quantitative estimate of drug-likeness (QED) is 0.800. The van der Waals surface area contributed by atoms with E-state index in [9.17, 15) is 9.90 Å². The average Bonchev–Trinajstić information content (AvgIpc) is 2.81. The summed E-state index contributed by atoms with van der Waals surface area (Å²) in [6, 6.07) is 7.34. The maximum atomic E-state index is 11.4. The fourth-order valence-electron chi connectivity index (χ4n) is 2.11. The Bertz CT molecular complexity index is 844. The fraction of sp³-hybridized carbons (Fsp3) is 0.143. The van der Waals surface area contributed by atoms with Crippen LogP contribution in [0, 0.1) is 13.8 Å². The number of carboxylic acids is 1. The molecule has 0 aliphatic rings. The highest BCUT2D eigenvalue weighted by atomic mass is 32.2. The van der Waals surface area contributed by atoms with E-state index in [1.807, 2.05) is 31.3 Å². The van der Waals surface area contributed by atoms with Gasteiger partial charge >= 0.3 is 5.97 Å². The molecule has 3 heterocycles. The van der Waals surface area contributed by atoms with Crippen LogP contribution in [0.4, 0.5) is 0 Å². The number of aromatic nitrogens is 4. The molecule has 6 nitrogen and oxygen atoms in total. The third-order valence-corrected chi connectivity index (χ3v) is 3.95. The molecule has 0 bridgehead atoms. The number of carboxylic acid groups (broad SMARTS) is 1. The Hall–Kier alpha value is -2.41. The zero-order valence-corrected chi connectivity index (χ0v) is 12.3. The van der Waals surface area contributed by atoms with Crippen molar-refractivity contribution in [1.29, 1.82) is 0 Å². The highest BCUT2D eigenvalue weighted by molar-refractivity contribution is 7.99. The molecule has 0 saturated heterocycles. The first-order valence-electron chi connectivity index (χ1n) is 6.25. The van der Waals surface area contributed by atoms with Crippen molar-refractivity contribution in [3.8, 4) is 0 Å². The monoisotopic (exact) mass is 300 g/mol. The molecule has 106 valence electrons. The largest absolute Gasteiger partial charge is 0.478 e. The summed E-state index contributed by atoms with van der Waals surface area (Å²) in [5.41, 5.74) is 2.37. The number of carbonyl (C=O) groups is 1. The molecule has 0 aromatic carbocycles. The lowest BCUT2D eigenvalue weighted by Crippen LogP contribution is -2.05. The molecule has 21 heavy (non-hydrogen) atoms. The van der Waals surface area contributed by atoms with Gasteiger partial charge in [-0.3, -0.25) is 4.40 Å². The maximum Gasteiger partial charge on any atom is 0.338 e. The lowest BCUT2D eigenvalue weighted by atomic mass is 10.1. The number of pyridine rings is 2. The van der Waals surface area contributed by atoms with Crippen molar-refractivity contribution in [3.05, 3.63) is 47.3 Å². The van der Waals surface area contributed by atoms with Gasteiger partial charge in [0.1, 0.15) is 5.03 Å². The average molecular weight is 300 g/mol. The minimum Gasteiger partial charge on any atom is -0.478 e. The maximum absolute atomic E-state index is 11.4. The number of aromatic carboxylic acids is 1. The summed E-state index contributed by atoms with van der Waals surface area (Å²) >= 11 is 1.20. The molecule has 0 saturated carbocycles. The molecule has 1 N–H and O–H groups in total. The molecular formula is C14H12N4O2S. The Kier molecular flexibility index (Phi) is 3.34. The smallest absolute Gasteiger partial charge is 0.338 e. The van der Waals surface area contributed by atoms with Crippen molar-refractivity contribution >= 4 is 23.4 Å². The predicted octanol–water partition coefficient (Wildman–Crippen LogP) is 2.59. The van der Waals surface area contributed by atoms with E-state index in [4.69, 9.17) is 0 Å². The standard InChI is InChI=1S/C14H12N4O2S/c1-8-7-9(2)15-12(11(8)13(19)20)21-14-17-16-10-5-3-4-6-18(10)14/h3-7H,1-2H3,(H,19,20). The highest BCUT2D eigenvalue weighted by Crippen LogP contribution is 2.30. The lowest BCUT2D eigenvalue weighted by molar-refractivity contribution is 0.0691. The zero-order valence-electron chi connectivity index (χ0n) is 11.4. The summed E-state index contributed by atoms with van der Waals surface area (Å²) < 4.78 is 1.80. The van der Waals surface area contributed by atoms with E-state index in [0.29, 0.717) is 21.4 Å². The summed E-state index contributed by atoms with van der Waals surface area (Å²) in [6.07, 6.45) is 1.83. The van der Waals surface area contributed by atoms with Crippen LogP contribution in [0.2, 0.25) is 0 Å². The summed E-state index contributed by atoms with van der Waals surface area (Å²) in [4.78, 5) is 15.8. The van der Waals surface area contributed by atoms with E-state index in [1.54, 1.807) is 17.4 Å². The summed E-state index contributed by atoms with van der Waals surface area (Å²) in [7, 11) is 0. The Morgan fingerprint density at radius 3 is 2.86 bits per heavy atom. The second kappa shape index (κ2) is 5.17. The van der Waals surface area contributed by atoms with Crippen molar-refractivity contribution < 1.29 is 9.90 Å². The van der Waals surface area contributed by atoms with Crippen molar-refractivity contribution in [2.75, 3.05) is 0 Å². The number of hydrogen-bond donors (Lipinski definition) is 1. The van der Waals surface area contributed by atoms with Gasteiger partial charge in [-0.05, 0) is 49.4 Å². The molecule has 0 unspecified atom stereocenters. The van der Waals surface area contributed by atoms with Crippen molar-refractivity contribution in [3.63, 3.8) is 0 Å². The predicted molar refractivity (Wildman–Crippen MR) is 77.8 cm³/mol. The molecule has 3 rings (SSSR count). The van der Waals surface area contributed by atoms with Gasteiger partial charge in [0.2, 0.25) is 5.16 Å². The van der Waals surface area contributed by atoms with E-state index < -0.39 is 5.97 Å². The van der Waals surface area contributed by atoms with Crippen LogP contribution in [0.3, 0.4) is 0 Å². The van der Waals surface area contributed by atoms with E-state index in [-0.39, 0.29) is 5.56 Å². The van der Waals surface area contributed by atoms with Gasteiger partial charge in [-0.15, -0.1) is 10.2 Å². The Morgan fingerprint density at radius 1 is 1.29 bits per heavy atom. The SMILES string of the molecule is Cc1cc(C)c(C(=O)O)c(Sc2nnc3ccccn23)n1. The van der Waals surface area contributed by atoms with Crippen molar-refractivity contribution in [1.82, 2.24) is 19.6 Å². The second-order valence-electron chi connectivity index (χ2n) is 4.58. The van der Waals surface area contributed by atoms with Crippen LogP contribution < -0.4 is 0 Å². The lowest BCUT2D eigenvalue weighted by Gasteiger charge is -2.08. The molecule has 0 aliphatic carbocycles. The Balaban J connectivity index is 2.11. The van der Waals surface area contributed by atoms with Crippen LogP contribution >= 0.6 is 11.8 Å². The Labute approximate surface area is 124 Å². The van der Waals surface area contributed by atoms with Crippen LogP contribution in [-0.4, -0.2) is 30.7 Å². The number of aryl methyl sites for hydroxylation is 2. The van der Waals surface area contributed by atoms with Gasteiger partial charge in [0.05, 0.1) is 5.56 Å². The summed E-state index contributed by atoms with van der Waals surface area (Å²) in [5.74, 6) is -0.990. The molecule has 3 aromatic heterocycles. The molecule has 0 amide bonds. The van der Waals surface area contributed by atoms with Gasteiger partial charge < -0.3 is 5.11 Å². The third kappa shape index (κ3) is 2.47. The number of hydrogen-bond acceptors (Lipinski definition) is 5. The number of fused-ring (bicyclic) bond motifs is 1. The normalized spacial score (nSPS) is 11.0. The van der Waals surface area contributed by atoms with E-state index in [2.05, 4.69) is 15.2 Å². The number of rotatable bonds is 3. The van der Waals surface area contributed by atoms with Gasteiger partial charge in [0, 0.05) is 11.9 Å². The minimum atomic E-state index is -0.990. The van der Waals surface area contributed by atoms with E-state index in [1.165, 1.54) is 11.8 Å². The van der Waals surface area contributed by atoms with Gasteiger partial charge in [0.15, 0.2) is 5.65 Å². The zero-order chi connectivity index (χ0) is 15.0. The first-order chi connectivity index (χ1) is 10.1. The van der Waals surface area contributed by atoms with Gasteiger partial charge in [-0.25, -0.2) is 9.78 Å². The van der Waals surface area contributed by atoms with Gasteiger partial charge in [-0.1, -0.05) is 6.07 Å². The third-order valence-electron chi connectivity index (χ3n) is 3.00. The first kappa shape index (κ1) is 13.6.